The fourth-order valence-corrected chi connectivity index (χ4v) is 2.54. The molecule has 5 nitrogen and oxygen atoms in total. The zero-order chi connectivity index (χ0) is 13.2. The third-order valence-electron chi connectivity index (χ3n) is 4.11. The maximum atomic E-state index is 6.23. The molecule has 0 spiro atoms. The molecule has 1 aromatic heterocycles. The predicted octanol–water partition coefficient (Wildman–Crippen LogP) is 1.81. The van der Waals surface area contributed by atoms with Gasteiger partial charge in [0.05, 0.1) is 11.5 Å². The van der Waals surface area contributed by atoms with Gasteiger partial charge in [0.1, 0.15) is 0 Å². The van der Waals surface area contributed by atoms with Gasteiger partial charge >= 0.3 is 0 Å². The van der Waals surface area contributed by atoms with Crippen LogP contribution < -0.4 is 5.73 Å². The van der Waals surface area contributed by atoms with Crippen molar-refractivity contribution in [1.82, 2.24) is 10.1 Å². The van der Waals surface area contributed by atoms with Crippen molar-refractivity contribution in [2.24, 2.45) is 5.73 Å². The molecular weight excluding hydrogens is 230 g/mol. The maximum Gasteiger partial charge on any atom is 0.234 e. The van der Waals surface area contributed by atoms with E-state index in [0.29, 0.717) is 18.1 Å². The highest BCUT2D eigenvalue weighted by atomic mass is 16.5. The molecule has 0 saturated heterocycles. The largest absolute Gasteiger partial charge is 0.381 e. The third-order valence-corrected chi connectivity index (χ3v) is 4.11. The van der Waals surface area contributed by atoms with Crippen LogP contribution in [-0.4, -0.2) is 29.4 Å². The van der Waals surface area contributed by atoms with Crippen molar-refractivity contribution in [2.75, 3.05) is 7.11 Å². The van der Waals surface area contributed by atoms with Crippen LogP contribution in [0.15, 0.2) is 4.52 Å². The van der Waals surface area contributed by atoms with Crippen LogP contribution in [0.5, 0.6) is 0 Å². The summed E-state index contributed by atoms with van der Waals surface area (Å²) in [5.74, 6) is 1.39. The highest BCUT2D eigenvalue weighted by Crippen LogP contribution is 2.37. The topological polar surface area (TPSA) is 74.2 Å². The number of nitrogens with zero attached hydrogens (tertiary/aromatic N) is 2. The Bertz CT molecular complexity index is 393. The fraction of sp³-hybridized carbons (Fsp3) is 0.846. The molecule has 1 saturated carbocycles. The maximum absolute atomic E-state index is 6.23. The molecule has 18 heavy (non-hydrogen) atoms. The van der Waals surface area contributed by atoms with E-state index < -0.39 is 0 Å². The monoisotopic (exact) mass is 253 g/mol. The van der Waals surface area contributed by atoms with E-state index in [-0.39, 0.29) is 17.6 Å². The molecule has 3 unspecified atom stereocenters. The number of hydrogen-bond acceptors (Lipinski definition) is 5. The molecule has 3 atom stereocenters. The van der Waals surface area contributed by atoms with Gasteiger partial charge in [0.2, 0.25) is 5.89 Å². The van der Waals surface area contributed by atoms with Crippen molar-refractivity contribution >= 4 is 0 Å². The van der Waals surface area contributed by atoms with E-state index in [0.717, 1.165) is 12.8 Å². The van der Waals surface area contributed by atoms with Crippen molar-refractivity contribution in [3.8, 4) is 0 Å². The molecule has 1 aromatic rings. The van der Waals surface area contributed by atoms with E-state index in [9.17, 15) is 0 Å². The van der Waals surface area contributed by atoms with Crippen molar-refractivity contribution in [3.05, 3.63) is 11.7 Å². The molecule has 1 heterocycles. The van der Waals surface area contributed by atoms with Crippen LogP contribution in [0.1, 0.15) is 51.2 Å². The average Bonchev–Trinajstić information content (AvgIpc) is 2.82. The van der Waals surface area contributed by atoms with Gasteiger partial charge in [0.15, 0.2) is 5.82 Å². The van der Waals surface area contributed by atoms with Gasteiger partial charge in [-0.05, 0) is 26.7 Å². The second-order valence-electron chi connectivity index (χ2n) is 5.54. The summed E-state index contributed by atoms with van der Waals surface area (Å²) in [4.78, 5) is 4.51. The van der Waals surface area contributed by atoms with Gasteiger partial charge in [-0.1, -0.05) is 18.0 Å². The Labute approximate surface area is 108 Å². The van der Waals surface area contributed by atoms with Crippen LogP contribution in [0, 0.1) is 0 Å². The molecule has 2 rings (SSSR count). The lowest BCUT2D eigenvalue weighted by Crippen LogP contribution is -2.45. The van der Waals surface area contributed by atoms with Crippen molar-refractivity contribution < 1.29 is 9.26 Å². The van der Waals surface area contributed by atoms with Crippen LogP contribution in [0.25, 0.3) is 0 Å². The minimum atomic E-state index is -0.167. The average molecular weight is 253 g/mol. The van der Waals surface area contributed by atoms with E-state index in [1.54, 1.807) is 7.11 Å². The molecule has 102 valence electrons. The Hall–Kier alpha value is -0.940. The first-order valence-corrected chi connectivity index (χ1v) is 6.67. The van der Waals surface area contributed by atoms with E-state index in [1.807, 2.05) is 6.92 Å². The van der Waals surface area contributed by atoms with Gasteiger partial charge in [0.25, 0.3) is 0 Å². The standard InChI is InChI=1S/C13H23N3O2/c1-9(17-3)8-11-15-12(18-16-11)13(2)7-5-4-6-10(13)14/h9-10H,4-8,14H2,1-3H3. The van der Waals surface area contributed by atoms with E-state index >= 15 is 0 Å². The van der Waals surface area contributed by atoms with Crippen LogP contribution in [-0.2, 0) is 16.6 Å². The lowest BCUT2D eigenvalue weighted by atomic mass is 9.72. The molecule has 1 aliphatic carbocycles. The molecule has 1 fully saturated rings. The SMILES string of the molecule is COC(C)Cc1noc(C2(C)CCCCC2N)n1. The minimum absolute atomic E-state index is 0.100. The third kappa shape index (κ3) is 2.57. The van der Waals surface area contributed by atoms with Gasteiger partial charge < -0.3 is 15.0 Å². The zero-order valence-electron chi connectivity index (χ0n) is 11.5. The molecular formula is C13H23N3O2. The van der Waals surface area contributed by atoms with Gasteiger partial charge in [-0.3, -0.25) is 0 Å². The highest BCUT2D eigenvalue weighted by Gasteiger charge is 2.40. The molecule has 0 radical (unpaired) electrons. The smallest absolute Gasteiger partial charge is 0.234 e. The predicted molar refractivity (Wildman–Crippen MR) is 68.3 cm³/mol. The molecule has 5 heteroatoms. The van der Waals surface area contributed by atoms with Crippen LogP contribution in [0.4, 0.5) is 0 Å². The zero-order valence-corrected chi connectivity index (χ0v) is 11.5. The summed E-state index contributed by atoms with van der Waals surface area (Å²) in [6, 6.07) is 0.111. The Morgan fingerprint density at radius 3 is 3.00 bits per heavy atom. The summed E-state index contributed by atoms with van der Waals surface area (Å²) < 4.78 is 10.6. The van der Waals surface area contributed by atoms with E-state index in [4.69, 9.17) is 15.0 Å². The number of ether oxygens (including phenoxy) is 1. The van der Waals surface area contributed by atoms with Gasteiger partial charge in [-0.25, -0.2) is 0 Å². The molecule has 0 bridgehead atoms. The normalized spacial score (nSPS) is 30.3. The first-order valence-electron chi connectivity index (χ1n) is 6.67. The summed E-state index contributed by atoms with van der Waals surface area (Å²) in [7, 11) is 1.68. The van der Waals surface area contributed by atoms with Gasteiger partial charge in [-0.2, -0.15) is 4.98 Å². The minimum Gasteiger partial charge on any atom is -0.381 e. The Kier molecular flexibility index (Phi) is 4.02. The molecule has 0 aromatic carbocycles. The van der Waals surface area contributed by atoms with Crippen LogP contribution in [0.3, 0.4) is 0 Å². The molecule has 2 N–H and O–H groups in total. The summed E-state index contributed by atoms with van der Waals surface area (Å²) in [6.45, 7) is 4.12. The van der Waals surface area contributed by atoms with E-state index in [2.05, 4.69) is 17.1 Å². The van der Waals surface area contributed by atoms with Gasteiger partial charge in [0, 0.05) is 19.6 Å². The number of methoxy groups -OCH3 is 1. The lowest BCUT2D eigenvalue weighted by Gasteiger charge is -2.35. The Morgan fingerprint density at radius 2 is 2.33 bits per heavy atom. The van der Waals surface area contributed by atoms with E-state index in [1.165, 1.54) is 12.8 Å². The van der Waals surface area contributed by atoms with Gasteiger partial charge in [-0.15, -0.1) is 0 Å². The summed E-state index contributed by atoms with van der Waals surface area (Å²) in [5.41, 5.74) is 6.06. The molecule has 1 aliphatic rings. The molecule has 0 aliphatic heterocycles. The van der Waals surface area contributed by atoms with Crippen molar-refractivity contribution in [3.63, 3.8) is 0 Å². The fourth-order valence-electron chi connectivity index (χ4n) is 2.54. The second kappa shape index (κ2) is 5.36. The number of aromatic nitrogens is 2. The summed E-state index contributed by atoms with van der Waals surface area (Å²) in [5, 5.41) is 4.04. The van der Waals surface area contributed by atoms with Crippen LogP contribution >= 0.6 is 0 Å². The summed E-state index contributed by atoms with van der Waals surface area (Å²) in [6.07, 6.45) is 5.20. The second-order valence-corrected chi connectivity index (χ2v) is 5.54. The van der Waals surface area contributed by atoms with Crippen LogP contribution in [0.2, 0.25) is 0 Å². The quantitative estimate of drug-likeness (QED) is 0.885. The lowest BCUT2D eigenvalue weighted by molar-refractivity contribution is 0.116. The molecule has 0 amide bonds. The van der Waals surface area contributed by atoms with Crippen molar-refractivity contribution in [2.45, 2.75) is 63.5 Å². The number of nitrogens with two attached hydrogens (primary N) is 1. The van der Waals surface area contributed by atoms with Crippen molar-refractivity contribution in [1.29, 1.82) is 0 Å². The number of rotatable bonds is 4. The first kappa shape index (κ1) is 13.5. The Morgan fingerprint density at radius 1 is 1.56 bits per heavy atom. The summed E-state index contributed by atoms with van der Waals surface area (Å²) >= 11 is 0. The highest BCUT2D eigenvalue weighted by molar-refractivity contribution is 5.10. The number of hydrogen-bond donors (Lipinski definition) is 1. The Balaban J connectivity index is 2.13. The first-order chi connectivity index (χ1) is 8.56.